The molecule has 0 bridgehead atoms. The summed E-state index contributed by atoms with van der Waals surface area (Å²) >= 11 is 7.59. The van der Waals surface area contributed by atoms with Crippen LogP contribution in [0.1, 0.15) is 5.56 Å². The average Bonchev–Trinajstić information content (AvgIpc) is 2.87. The standard InChI is InChI=1S/C13H9ClFN3S/c14-11-10-5-6-19-12(10)18-13(17-11)16-7-8-1-3-9(15)4-2-8/h1-6H,7H2,(H,16,17,18). The van der Waals surface area contributed by atoms with Crippen molar-refractivity contribution in [2.75, 3.05) is 5.32 Å². The van der Waals surface area contributed by atoms with Crippen LogP contribution in [0.4, 0.5) is 10.3 Å². The van der Waals surface area contributed by atoms with Crippen LogP contribution in [0.3, 0.4) is 0 Å². The largest absolute Gasteiger partial charge is 0.350 e. The number of hydrogen-bond acceptors (Lipinski definition) is 4. The van der Waals surface area contributed by atoms with Gasteiger partial charge in [0.25, 0.3) is 0 Å². The highest BCUT2D eigenvalue weighted by molar-refractivity contribution is 7.16. The van der Waals surface area contributed by atoms with Crippen LogP contribution in [0.2, 0.25) is 5.15 Å². The minimum Gasteiger partial charge on any atom is -0.350 e. The van der Waals surface area contributed by atoms with Gasteiger partial charge in [0.2, 0.25) is 5.95 Å². The molecule has 0 spiro atoms. The lowest BCUT2D eigenvalue weighted by molar-refractivity contribution is 0.627. The van der Waals surface area contributed by atoms with Gasteiger partial charge in [-0.25, -0.2) is 14.4 Å². The quantitative estimate of drug-likeness (QED) is 0.739. The second kappa shape index (κ2) is 5.11. The predicted octanol–water partition coefficient (Wildman–Crippen LogP) is 4.10. The third-order valence-corrected chi connectivity index (χ3v) is 3.74. The maximum Gasteiger partial charge on any atom is 0.225 e. The molecule has 0 aliphatic rings. The number of fused-ring (bicyclic) bond motifs is 1. The van der Waals surface area contributed by atoms with E-state index < -0.39 is 0 Å². The molecule has 0 amide bonds. The summed E-state index contributed by atoms with van der Waals surface area (Å²) in [6, 6.07) is 8.17. The van der Waals surface area contributed by atoms with E-state index in [0.717, 1.165) is 15.8 Å². The molecule has 0 aliphatic heterocycles. The molecule has 6 heteroatoms. The molecule has 0 aliphatic carbocycles. The molecule has 2 aromatic heterocycles. The van der Waals surface area contributed by atoms with Crippen LogP contribution in [-0.2, 0) is 6.54 Å². The summed E-state index contributed by atoms with van der Waals surface area (Å²) in [7, 11) is 0. The van der Waals surface area contributed by atoms with Crippen LogP contribution in [-0.4, -0.2) is 9.97 Å². The van der Waals surface area contributed by atoms with E-state index in [-0.39, 0.29) is 5.82 Å². The van der Waals surface area contributed by atoms with E-state index in [2.05, 4.69) is 15.3 Å². The van der Waals surface area contributed by atoms with Crippen LogP contribution < -0.4 is 5.32 Å². The molecule has 19 heavy (non-hydrogen) atoms. The fourth-order valence-corrected chi connectivity index (χ4v) is 2.73. The van der Waals surface area contributed by atoms with Gasteiger partial charge in [0, 0.05) is 11.9 Å². The first-order chi connectivity index (χ1) is 9.22. The fraction of sp³-hybridized carbons (Fsp3) is 0.0769. The zero-order chi connectivity index (χ0) is 13.2. The Kier molecular flexibility index (Phi) is 3.31. The van der Waals surface area contributed by atoms with E-state index in [1.807, 2.05) is 11.4 Å². The minimum atomic E-state index is -0.247. The number of anilines is 1. The Morgan fingerprint density at radius 1 is 1.16 bits per heavy atom. The number of nitrogens with zero attached hydrogens (tertiary/aromatic N) is 2. The van der Waals surface area contributed by atoms with Gasteiger partial charge in [-0.15, -0.1) is 11.3 Å². The maximum absolute atomic E-state index is 12.8. The van der Waals surface area contributed by atoms with Gasteiger partial charge in [0.1, 0.15) is 15.8 Å². The molecule has 0 saturated heterocycles. The average molecular weight is 294 g/mol. The van der Waals surface area contributed by atoms with Crippen LogP contribution in [0.5, 0.6) is 0 Å². The van der Waals surface area contributed by atoms with Gasteiger partial charge in [0.05, 0.1) is 0 Å². The second-order valence-electron chi connectivity index (χ2n) is 3.96. The topological polar surface area (TPSA) is 37.8 Å². The zero-order valence-electron chi connectivity index (χ0n) is 9.73. The maximum atomic E-state index is 12.8. The molecule has 3 aromatic rings. The minimum absolute atomic E-state index is 0.247. The lowest BCUT2D eigenvalue weighted by atomic mass is 10.2. The monoisotopic (exact) mass is 293 g/mol. The second-order valence-corrected chi connectivity index (χ2v) is 5.21. The summed E-state index contributed by atoms with van der Waals surface area (Å²) in [5.74, 6) is 0.229. The van der Waals surface area contributed by atoms with Crippen LogP contribution >= 0.6 is 22.9 Å². The first-order valence-corrected chi connectivity index (χ1v) is 6.87. The Morgan fingerprint density at radius 2 is 1.95 bits per heavy atom. The molecule has 0 saturated carbocycles. The highest BCUT2D eigenvalue weighted by Crippen LogP contribution is 2.26. The van der Waals surface area contributed by atoms with E-state index in [4.69, 9.17) is 11.6 Å². The van der Waals surface area contributed by atoms with E-state index >= 15 is 0 Å². The third-order valence-electron chi connectivity index (χ3n) is 2.64. The van der Waals surface area contributed by atoms with Crippen molar-refractivity contribution < 1.29 is 4.39 Å². The smallest absolute Gasteiger partial charge is 0.225 e. The summed E-state index contributed by atoms with van der Waals surface area (Å²) in [4.78, 5) is 9.40. The molecule has 0 atom stereocenters. The van der Waals surface area contributed by atoms with E-state index in [0.29, 0.717) is 17.6 Å². The van der Waals surface area contributed by atoms with Crippen molar-refractivity contribution in [2.24, 2.45) is 0 Å². The highest BCUT2D eigenvalue weighted by Gasteiger charge is 2.06. The van der Waals surface area contributed by atoms with Crippen LogP contribution in [0.15, 0.2) is 35.7 Å². The van der Waals surface area contributed by atoms with Crippen molar-refractivity contribution in [3.63, 3.8) is 0 Å². The number of rotatable bonds is 3. The van der Waals surface area contributed by atoms with Crippen molar-refractivity contribution in [1.29, 1.82) is 0 Å². The Hall–Kier alpha value is -1.72. The molecule has 1 N–H and O–H groups in total. The highest BCUT2D eigenvalue weighted by atomic mass is 35.5. The van der Waals surface area contributed by atoms with Crippen molar-refractivity contribution in [3.05, 3.63) is 52.2 Å². The number of benzene rings is 1. The predicted molar refractivity (Wildman–Crippen MR) is 76.2 cm³/mol. The van der Waals surface area contributed by atoms with Gasteiger partial charge in [-0.3, -0.25) is 0 Å². The zero-order valence-corrected chi connectivity index (χ0v) is 11.3. The molecule has 2 heterocycles. The Labute approximate surface area is 118 Å². The van der Waals surface area contributed by atoms with Crippen molar-refractivity contribution in [2.45, 2.75) is 6.54 Å². The molecule has 96 valence electrons. The van der Waals surface area contributed by atoms with E-state index in [9.17, 15) is 4.39 Å². The number of nitrogens with one attached hydrogen (secondary N) is 1. The third kappa shape index (κ3) is 2.67. The summed E-state index contributed by atoms with van der Waals surface area (Å²) in [5, 5.41) is 6.30. The Morgan fingerprint density at radius 3 is 2.74 bits per heavy atom. The van der Waals surface area contributed by atoms with E-state index in [1.165, 1.54) is 23.5 Å². The number of hydrogen-bond donors (Lipinski definition) is 1. The van der Waals surface area contributed by atoms with Crippen LogP contribution in [0, 0.1) is 5.82 Å². The first kappa shape index (κ1) is 12.3. The molecular weight excluding hydrogens is 285 g/mol. The first-order valence-electron chi connectivity index (χ1n) is 5.61. The van der Waals surface area contributed by atoms with Gasteiger partial charge in [-0.2, -0.15) is 0 Å². The molecule has 3 nitrogen and oxygen atoms in total. The van der Waals surface area contributed by atoms with Gasteiger partial charge in [-0.05, 0) is 29.1 Å². The lowest BCUT2D eigenvalue weighted by Crippen LogP contribution is -2.03. The molecule has 0 fully saturated rings. The summed E-state index contributed by atoms with van der Waals surface area (Å²) in [6.07, 6.45) is 0. The molecule has 1 aromatic carbocycles. The van der Waals surface area contributed by atoms with E-state index in [1.54, 1.807) is 12.1 Å². The fourth-order valence-electron chi connectivity index (χ4n) is 1.68. The number of aromatic nitrogens is 2. The number of halogens is 2. The summed E-state index contributed by atoms with van der Waals surface area (Å²) in [6.45, 7) is 0.521. The van der Waals surface area contributed by atoms with Crippen molar-refractivity contribution >= 4 is 39.1 Å². The van der Waals surface area contributed by atoms with Gasteiger partial charge in [-0.1, -0.05) is 23.7 Å². The molecule has 3 rings (SSSR count). The SMILES string of the molecule is Fc1ccc(CNc2nc(Cl)c3ccsc3n2)cc1. The molecule has 0 unspecified atom stereocenters. The Bertz CT molecular complexity index is 711. The summed E-state index contributed by atoms with van der Waals surface area (Å²) < 4.78 is 12.8. The molecular formula is C13H9ClFN3S. The number of thiophene rings is 1. The van der Waals surface area contributed by atoms with Crippen molar-refractivity contribution in [3.8, 4) is 0 Å². The lowest BCUT2D eigenvalue weighted by Gasteiger charge is -2.05. The Balaban J connectivity index is 1.79. The van der Waals surface area contributed by atoms with Gasteiger partial charge in [0.15, 0.2) is 0 Å². The van der Waals surface area contributed by atoms with Crippen molar-refractivity contribution in [1.82, 2.24) is 9.97 Å². The summed E-state index contributed by atoms with van der Waals surface area (Å²) in [5.41, 5.74) is 0.951. The van der Waals surface area contributed by atoms with Gasteiger partial charge < -0.3 is 5.32 Å². The molecule has 0 radical (unpaired) electrons. The normalized spacial score (nSPS) is 10.8. The van der Waals surface area contributed by atoms with Crippen LogP contribution in [0.25, 0.3) is 10.2 Å². The van der Waals surface area contributed by atoms with Gasteiger partial charge >= 0.3 is 0 Å².